The van der Waals surface area contributed by atoms with Gasteiger partial charge in [-0.1, -0.05) is 6.92 Å². The van der Waals surface area contributed by atoms with Gasteiger partial charge in [-0.3, -0.25) is 9.89 Å². The van der Waals surface area contributed by atoms with E-state index in [1.54, 1.807) is 26.2 Å². The molecule has 0 saturated heterocycles. The first kappa shape index (κ1) is 16.9. The predicted octanol–water partition coefficient (Wildman–Crippen LogP) is 2.29. The van der Waals surface area contributed by atoms with Crippen molar-refractivity contribution < 1.29 is 9.47 Å². The minimum atomic E-state index is -0.361. The fraction of sp³-hybridized carbons (Fsp3) is 0.333. The molecule has 0 radical (unpaired) electrons. The van der Waals surface area contributed by atoms with Crippen LogP contribution in [-0.2, 0) is 0 Å². The van der Waals surface area contributed by atoms with Crippen LogP contribution in [0.1, 0.15) is 24.6 Å². The molecular formula is C15H18N4O3S. The largest absolute Gasteiger partial charge is 0.493 e. The summed E-state index contributed by atoms with van der Waals surface area (Å²) in [5, 5.41) is 10.5. The Morgan fingerprint density at radius 3 is 2.91 bits per heavy atom. The second-order valence-corrected chi connectivity index (χ2v) is 5.12. The Morgan fingerprint density at radius 1 is 1.43 bits per heavy atom. The van der Waals surface area contributed by atoms with E-state index in [-0.39, 0.29) is 16.0 Å². The number of aromatic nitrogens is 3. The van der Waals surface area contributed by atoms with Gasteiger partial charge in [-0.05, 0) is 49.3 Å². The van der Waals surface area contributed by atoms with Crippen molar-refractivity contribution in [2.75, 3.05) is 13.7 Å². The number of nitrogens with zero attached hydrogens (tertiary/aromatic N) is 3. The number of aryl methyl sites for hydroxylation is 1. The van der Waals surface area contributed by atoms with Gasteiger partial charge in [0.25, 0.3) is 5.56 Å². The van der Waals surface area contributed by atoms with Crippen LogP contribution in [0.15, 0.2) is 28.1 Å². The van der Waals surface area contributed by atoms with Crippen LogP contribution in [0.5, 0.6) is 11.5 Å². The molecule has 1 N–H and O–H groups in total. The van der Waals surface area contributed by atoms with E-state index in [1.165, 1.54) is 6.21 Å². The van der Waals surface area contributed by atoms with Crippen molar-refractivity contribution in [1.82, 2.24) is 14.9 Å². The lowest BCUT2D eigenvalue weighted by Crippen LogP contribution is -2.22. The molecule has 122 valence electrons. The van der Waals surface area contributed by atoms with Crippen LogP contribution in [-0.4, -0.2) is 34.8 Å². The SMILES string of the molecule is CCCOc1ccc(C=Nn2c(=S)[nH]nc(C)c2=O)cc1OC. The van der Waals surface area contributed by atoms with Crippen molar-refractivity contribution in [3.8, 4) is 11.5 Å². The van der Waals surface area contributed by atoms with Gasteiger partial charge >= 0.3 is 0 Å². The molecule has 0 bridgehead atoms. The summed E-state index contributed by atoms with van der Waals surface area (Å²) >= 11 is 5.02. The smallest absolute Gasteiger partial charge is 0.296 e. The molecule has 0 fully saturated rings. The zero-order chi connectivity index (χ0) is 16.8. The Kier molecular flexibility index (Phi) is 5.64. The van der Waals surface area contributed by atoms with Crippen LogP contribution in [0.2, 0.25) is 0 Å². The van der Waals surface area contributed by atoms with Gasteiger partial charge in [0.1, 0.15) is 5.69 Å². The lowest BCUT2D eigenvalue weighted by atomic mass is 10.2. The van der Waals surface area contributed by atoms with Crippen molar-refractivity contribution in [2.45, 2.75) is 20.3 Å². The molecule has 1 aromatic carbocycles. The summed E-state index contributed by atoms with van der Waals surface area (Å²) < 4.78 is 12.1. The highest BCUT2D eigenvalue weighted by Crippen LogP contribution is 2.27. The average molecular weight is 334 g/mol. The number of hydrogen-bond acceptors (Lipinski definition) is 6. The van der Waals surface area contributed by atoms with Crippen LogP contribution in [0, 0.1) is 11.7 Å². The van der Waals surface area contributed by atoms with E-state index in [4.69, 9.17) is 21.7 Å². The molecule has 0 aliphatic heterocycles. The maximum atomic E-state index is 12.0. The molecule has 0 unspecified atom stereocenters. The van der Waals surface area contributed by atoms with Crippen molar-refractivity contribution in [2.24, 2.45) is 5.10 Å². The summed E-state index contributed by atoms with van der Waals surface area (Å²) in [6.45, 7) is 4.23. The van der Waals surface area contributed by atoms with Gasteiger partial charge in [0.05, 0.1) is 19.9 Å². The minimum Gasteiger partial charge on any atom is -0.493 e. The first-order valence-corrected chi connectivity index (χ1v) is 7.51. The average Bonchev–Trinajstić information content (AvgIpc) is 2.56. The van der Waals surface area contributed by atoms with Crippen LogP contribution in [0.4, 0.5) is 0 Å². The molecule has 0 spiro atoms. The zero-order valence-electron chi connectivity index (χ0n) is 13.2. The third-order valence-corrected chi connectivity index (χ3v) is 3.25. The molecule has 23 heavy (non-hydrogen) atoms. The highest BCUT2D eigenvalue weighted by atomic mass is 32.1. The summed E-state index contributed by atoms with van der Waals surface area (Å²) in [4.78, 5) is 12.0. The first-order chi connectivity index (χ1) is 11.1. The summed E-state index contributed by atoms with van der Waals surface area (Å²) in [6.07, 6.45) is 2.44. The Labute approximate surface area is 138 Å². The van der Waals surface area contributed by atoms with E-state index in [1.807, 2.05) is 13.0 Å². The molecule has 8 heteroatoms. The Bertz CT molecular complexity index is 826. The third kappa shape index (κ3) is 4.04. The quantitative estimate of drug-likeness (QED) is 0.647. The standard InChI is InChI=1S/C15H18N4O3S/c1-4-7-22-12-6-5-11(8-13(12)21-3)9-16-19-14(20)10(2)17-18-15(19)23/h5-6,8-9H,4,7H2,1-3H3,(H,18,23). The summed E-state index contributed by atoms with van der Waals surface area (Å²) in [7, 11) is 1.57. The molecule has 1 aromatic heterocycles. The van der Waals surface area contributed by atoms with Crippen LogP contribution in [0.3, 0.4) is 0 Å². The molecule has 2 aromatic rings. The van der Waals surface area contributed by atoms with E-state index < -0.39 is 0 Å². The number of hydrogen-bond donors (Lipinski definition) is 1. The number of aromatic amines is 1. The fourth-order valence-electron chi connectivity index (χ4n) is 1.80. The molecule has 7 nitrogen and oxygen atoms in total. The molecule has 0 atom stereocenters. The Balaban J connectivity index is 2.32. The number of rotatable bonds is 6. The van der Waals surface area contributed by atoms with Gasteiger partial charge in [-0.2, -0.15) is 14.9 Å². The van der Waals surface area contributed by atoms with Gasteiger partial charge in [0.15, 0.2) is 11.5 Å². The van der Waals surface area contributed by atoms with Crippen molar-refractivity contribution in [1.29, 1.82) is 0 Å². The van der Waals surface area contributed by atoms with Crippen LogP contribution >= 0.6 is 12.2 Å². The van der Waals surface area contributed by atoms with Crippen molar-refractivity contribution in [3.05, 3.63) is 44.6 Å². The molecule has 0 aliphatic rings. The summed E-state index contributed by atoms with van der Waals surface area (Å²) in [5.74, 6) is 1.27. The summed E-state index contributed by atoms with van der Waals surface area (Å²) in [5.41, 5.74) is 0.679. The highest BCUT2D eigenvalue weighted by Gasteiger charge is 2.05. The van der Waals surface area contributed by atoms with Crippen LogP contribution in [0.25, 0.3) is 0 Å². The second-order valence-electron chi connectivity index (χ2n) is 4.73. The van der Waals surface area contributed by atoms with Crippen LogP contribution < -0.4 is 15.0 Å². The molecule has 1 heterocycles. The molecular weight excluding hydrogens is 316 g/mol. The predicted molar refractivity (Wildman–Crippen MR) is 90.2 cm³/mol. The van der Waals surface area contributed by atoms with E-state index in [9.17, 15) is 4.79 Å². The molecule has 0 saturated carbocycles. The highest BCUT2D eigenvalue weighted by molar-refractivity contribution is 7.71. The first-order valence-electron chi connectivity index (χ1n) is 7.10. The van der Waals surface area contributed by atoms with E-state index in [0.29, 0.717) is 18.1 Å². The normalized spacial score (nSPS) is 10.9. The molecule has 0 aliphatic carbocycles. The number of H-pyrrole nitrogens is 1. The maximum Gasteiger partial charge on any atom is 0.296 e. The maximum absolute atomic E-state index is 12.0. The zero-order valence-corrected chi connectivity index (χ0v) is 14.0. The van der Waals surface area contributed by atoms with E-state index >= 15 is 0 Å². The van der Waals surface area contributed by atoms with Gasteiger partial charge in [0, 0.05) is 0 Å². The Morgan fingerprint density at radius 2 is 2.22 bits per heavy atom. The van der Waals surface area contributed by atoms with E-state index in [0.717, 1.165) is 16.7 Å². The number of methoxy groups -OCH3 is 1. The fourth-order valence-corrected chi connectivity index (χ4v) is 1.97. The lowest BCUT2D eigenvalue weighted by Gasteiger charge is -2.10. The lowest BCUT2D eigenvalue weighted by molar-refractivity contribution is 0.294. The molecule has 0 amide bonds. The summed E-state index contributed by atoms with van der Waals surface area (Å²) in [6, 6.07) is 5.40. The number of benzene rings is 1. The van der Waals surface area contributed by atoms with E-state index in [2.05, 4.69) is 15.3 Å². The topological polar surface area (TPSA) is 81.5 Å². The van der Waals surface area contributed by atoms with Gasteiger partial charge in [-0.25, -0.2) is 0 Å². The second kappa shape index (κ2) is 7.68. The number of ether oxygens (including phenoxy) is 2. The van der Waals surface area contributed by atoms with Crippen molar-refractivity contribution in [3.63, 3.8) is 0 Å². The number of nitrogens with one attached hydrogen (secondary N) is 1. The molecule has 2 rings (SSSR count). The monoisotopic (exact) mass is 334 g/mol. The minimum absolute atomic E-state index is 0.131. The van der Waals surface area contributed by atoms with Gasteiger partial charge in [0.2, 0.25) is 4.77 Å². The van der Waals surface area contributed by atoms with Crippen molar-refractivity contribution >= 4 is 18.4 Å². The third-order valence-electron chi connectivity index (χ3n) is 2.99. The Hall–Kier alpha value is -2.48. The van der Waals surface area contributed by atoms with Gasteiger partial charge < -0.3 is 9.47 Å². The van der Waals surface area contributed by atoms with Gasteiger partial charge in [-0.15, -0.1) is 0 Å².